The molecule has 1 saturated carbocycles. The van der Waals surface area contributed by atoms with Crippen molar-refractivity contribution in [3.05, 3.63) is 0 Å². The molecule has 1 heterocycles. The van der Waals surface area contributed by atoms with Crippen molar-refractivity contribution < 1.29 is 4.79 Å². The van der Waals surface area contributed by atoms with Crippen molar-refractivity contribution in [2.45, 2.75) is 25.3 Å². The number of piperazine rings is 1. The third kappa shape index (κ3) is 3.56. The topological polar surface area (TPSA) is 35.6 Å². The molecule has 0 bridgehead atoms. The van der Waals surface area contributed by atoms with E-state index in [0.29, 0.717) is 6.04 Å². The summed E-state index contributed by atoms with van der Waals surface area (Å²) in [5.74, 6) is 0.947. The molecule has 1 saturated heterocycles. The van der Waals surface area contributed by atoms with E-state index in [2.05, 4.69) is 22.8 Å². The normalized spacial score (nSPS) is 22.2. The summed E-state index contributed by atoms with van der Waals surface area (Å²) in [7, 11) is 0. The predicted octanol–water partition coefficient (Wildman–Crippen LogP) is 0.796. The lowest BCUT2D eigenvalue weighted by molar-refractivity contribution is 0.139. The summed E-state index contributed by atoms with van der Waals surface area (Å²) >= 11 is 4.21. The highest BCUT2D eigenvalue weighted by Gasteiger charge is 2.27. The first-order valence-electron chi connectivity index (χ1n) is 6.18. The zero-order valence-corrected chi connectivity index (χ0v) is 10.6. The second-order valence-electron chi connectivity index (χ2n) is 4.63. The Labute approximate surface area is 103 Å². The number of hydrogen-bond donors (Lipinski definition) is 2. The second kappa shape index (κ2) is 5.77. The number of carbonyl (C=O) groups is 1. The minimum Gasteiger partial charge on any atom is -0.335 e. The summed E-state index contributed by atoms with van der Waals surface area (Å²) in [6.07, 6.45) is 3.46. The van der Waals surface area contributed by atoms with Crippen LogP contribution in [-0.4, -0.2) is 60.3 Å². The molecule has 1 N–H and O–H groups in total. The van der Waals surface area contributed by atoms with E-state index in [1.807, 2.05) is 4.90 Å². The molecule has 1 aliphatic carbocycles. The molecule has 2 aliphatic rings. The van der Waals surface area contributed by atoms with Gasteiger partial charge in [-0.3, -0.25) is 4.90 Å². The van der Waals surface area contributed by atoms with Crippen LogP contribution >= 0.6 is 12.6 Å². The highest BCUT2D eigenvalue weighted by Crippen LogP contribution is 2.19. The van der Waals surface area contributed by atoms with Crippen molar-refractivity contribution in [3.8, 4) is 0 Å². The Balaban J connectivity index is 1.65. The number of rotatable bonds is 4. The predicted molar refractivity (Wildman–Crippen MR) is 68.0 cm³/mol. The van der Waals surface area contributed by atoms with Crippen LogP contribution in [0.1, 0.15) is 19.3 Å². The van der Waals surface area contributed by atoms with Crippen molar-refractivity contribution in [1.82, 2.24) is 15.1 Å². The zero-order chi connectivity index (χ0) is 11.4. The van der Waals surface area contributed by atoms with Gasteiger partial charge in [0.15, 0.2) is 0 Å². The fourth-order valence-corrected chi connectivity index (χ4v) is 2.10. The van der Waals surface area contributed by atoms with Gasteiger partial charge in [-0.25, -0.2) is 4.79 Å². The molecule has 2 fully saturated rings. The average Bonchev–Trinajstić information content (AvgIpc) is 3.11. The van der Waals surface area contributed by atoms with Crippen LogP contribution in [0.25, 0.3) is 0 Å². The Kier molecular flexibility index (Phi) is 4.35. The average molecular weight is 243 g/mol. The molecule has 0 aromatic rings. The molecule has 1 aliphatic heterocycles. The maximum Gasteiger partial charge on any atom is 0.317 e. The SMILES string of the molecule is O=C(NC1CC1)N1CCN(CCCS)CC1. The Morgan fingerprint density at radius 2 is 1.94 bits per heavy atom. The van der Waals surface area contributed by atoms with Gasteiger partial charge >= 0.3 is 6.03 Å². The smallest absolute Gasteiger partial charge is 0.317 e. The molecule has 0 aromatic heterocycles. The van der Waals surface area contributed by atoms with Crippen molar-refractivity contribution in [1.29, 1.82) is 0 Å². The number of nitrogens with zero attached hydrogens (tertiary/aromatic N) is 2. The van der Waals surface area contributed by atoms with Gasteiger partial charge in [0.1, 0.15) is 0 Å². The van der Waals surface area contributed by atoms with Crippen molar-refractivity contribution in [2.24, 2.45) is 0 Å². The lowest BCUT2D eigenvalue weighted by atomic mass is 10.3. The van der Waals surface area contributed by atoms with Crippen LogP contribution in [0.2, 0.25) is 0 Å². The van der Waals surface area contributed by atoms with Crippen molar-refractivity contribution in [2.75, 3.05) is 38.5 Å². The minimum atomic E-state index is 0.136. The van der Waals surface area contributed by atoms with Gasteiger partial charge in [0.25, 0.3) is 0 Å². The molecule has 4 nitrogen and oxygen atoms in total. The van der Waals surface area contributed by atoms with Gasteiger partial charge in [-0.2, -0.15) is 12.6 Å². The van der Waals surface area contributed by atoms with E-state index in [0.717, 1.165) is 57.7 Å². The molecule has 16 heavy (non-hydrogen) atoms. The standard InChI is InChI=1S/C11H21N3OS/c15-11(12-10-2-3-10)14-7-5-13(6-8-14)4-1-9-16/h10,16H,1-9H2,(H,12,15). The van der Waals surface area contributed by atoms with E-state index in [1.54, 1.807) is 0 Å². The quantitative estimate of drug-likeness (QED) is 0.716. The first kappa shape index (κ1) is 12.0. The van der Waals surface area contributed by atoms with Gasteiger partial charge in [-0.15, -0.1) is 0 Å². The maximum atomic E-state index is 11.8. The summed E-state index contributed by atoms with van der Waals surface area (Å²) in [6.45, 7) is 4.86. The molecule has 0 radical (unpaired) electrons. The second-order valence-corrected chi connectivity index (χ2v) is 5.08. The summed E-state index contributed by atoms with van der Waals surface area (Å²) < 4.78 is 0. The molecule has 0 unspecified atom stereocenters. The van der Waals surface area contributed by atoms with Gasteiger partial charge in [0.2, 0.25) is 0 Å². The van der Waals surface area contributed by atoms with Gasteiger partial charge < -0.3 is 10.2 Å². The summed E-state index contributed by atoms with van der Waals surface area (Å²) in [5, 5.41) is 3.04. The van der Waals surface area contributed by atoms with E-state index in [1.165, 1.54) is 0 Å². The molecule has 5 heteroatoms. The monoisotopic (exact) mass is 243 g/mol. The number of amides is 2. The molecular weight excluding hydrogens is 222 g/mol. The van der Waals surface area contributed by atoms with Gasteiger partial charge in [0, 0.05) is 32.2 Å². The van der Waals surface area contributed by atoms with Crippen LogP contribution < -0.4 is 5.32 Å². The van der Waals surface area contributed by atoms with Crippen LogP contribution in [0.3, 0.4) is 0 Å². The van der Waals surface area contributed by atoms with Crippen molar-refractivity contribution >= 4 is 18.7 Å². The van der Waals surface area contributed by atoms with Crippen LogP contribution in [0, 0.1) is 0 Å². The number of urea groups is 1. The Hall–Kier alpha value is -0.420. The highest BCUT2D eigenvalue weighted by atomic mass is 32.1. The van der Waals surface area contributed by atoms with E-state index in [4.69, 9.17) is 0 Å². The van der Waals surface area contributed by atoms with Crippen LogP contribution in [0.15, 0.2) is 0 Å². The largest absolute Gasteiger partial charge is 0.335 e. The molecule has 92 valence electrons. The Bertz CT molecular complexity index is 237. The number of hydrogen-bond acceptors (Lipinski definition) is 3. The van der Waals surface area contributed by atoms with Crippen LogP contribution in [-0.2, 0) is 0 Å². The molecule has 2 amide bonds. The highest BCUT2D eigenvalue weighted by molar-refractivity contribution is 7.80. The summed E-state index contributed by atoms with van der Waals surface area (Å²) in [6, 6.07) is 0.603. The molecular formula is C11H21N3OS. The number of thiol groups is 1. The van der Waals surface area contributed by atoms with Crippen LogP contribution in [0.4, 0.5) is 4.79 Å². The maximum absolute atomic E-state index is 11.8. The first-order chi connectivity index (χ1) is 7.79. The van der Waals surface area contributed by atoms with Crippen molar-refractivity contribution in [3.63, 3.8) is 0 Å². The van der Waals surface area contributed by atoms with E-state index in [-0.39, 0.29) is 6.03 Å². The lowest BCUT2D eigenvalue weighted by Crippen LogP contribution is -2.52. The molecule has 0 atom stereocenters. The number of nitrogens with one attached hydrogen (secondary N) is 1. The summed E-state index contributed by atoms with van der Waals surface area (Å²) in [4.78, 5) is 16.1. The van der Waals surface area contributed by atoms with Crippen LogP contribution in [0.5, 0.6) is 0 Å². The molecule has 0 aromatic carbocycles. The third-order valence-corrected chi connectivity index (χ3v) is 3.51. The fourth-order valence-electron chi connectivity index (χ4n) is 1.96. The Morgan fingerprint density at radius 1 is 1.25 bits per heavy atom. The third-order valence-electron chi connectivity index (χ3n) is 3.20. The summed E-state index contributed by atoms with van der Waals surface area (Å²) in [5.41, 5.74) is 0. The van der Waals surface area contributed by atoms with Gasteiger partial charge in [0.05, 0.1) is 0 Å². The number of carbonyl (C=O) groups excluding carboxylic acids is 1. The molecule has 2 rings (SSSR count). The van der Waals surface area contributed by atoms with Gasteiger partial charge in [-0.1, -0.05) is 0 Å². The first-order valence-corrected chi connectivity index (χ1v) is 6.81. The zero-order valence-electron chi connectivity index (χ0n) is 9.69. The lowest BCUT2D eigenvalue weighted by Gasteiger charge is -2.34. The van der Waals surface area contributed by atoms with E-state index in [9.17, 15) is 4.79 Å². The minimum absolute atomic E-state index is 0.136. The fraction of sp³-hybridized carbons (Fsp3) is 0.909. The van der Waals surface area contributed by atoms with E-state index >= 15 is 0 Å². The van der Waals surface area contributed by atoms with Gasteiger partial charge in [-0.05, 0) is 31.6 Å². The Morgan fingerprint density at radius 3 is 2.50 bits per heavy atom. The molecule has 0 spiro atoms. The van der Waals surface area contributed by atoms with E-state index < -0.39 is 0 Å².